The zero-order valence-corrected chi connectivity index (χ0v) is 15.5. The summed E-state index contributed by atoms with van der Waals surface area (Å²) in [6.45, 7) is 4.36. The standard InChI is InChI=1S/C17H20BrNO3S/c1-3-22-17-10-6-15(7-11-17)13(2)19-23(20,21)12-14-4-8-16(18)9-5-14/h4-11,13,19H,3,12H2,1-2H3. The average molecular weight is 398 g/mol. The smallest absolute Gasteiger partial charge is 0.216 e. The molecule has 6 heteroatoms. The lowest BCUT2D eigenvalue weighted by molar-refractivity contribution is 0.340. The lowest BCUT2D eigenvalue weighted by atomic mass is 10.1. The van der Waals surface area contributed by atoms with Crippen molar-refractivity contribution in [3.8, 4) is 5.75 Å². The Morgan fingerprint density at radius 1 is 1.09 bits per heavy atom. The summed E-state index contributed by atoms with van der Waals surface area (Å²) >= 11 is 3.34. The van der Waals surface area contributed by atoms with Gasteiger partial charge >= 0.3 is 0 Å². The van der Waals surface area contributed by atoms with Crippen LogP contribution in [0.15, 0.2) is 53.0 Å². The van der Waals surface area contributed by atoms with Crippen LogP contribution in [0.3, 0.4) is 0 Å². The molecule has 0 amide bonds. The van der Waals surface area contributed by atoms with Crippen LogP contribution in [0.1, 0.15) is 31.0 Å². The largest absolute Gasteiger partial charge is 0.494 e. The van der Waals surface area contributed by atoms with E-state index in [4.69, 9.17) is 4.74 Å². The highest BCUT2D eigenvalue weighted by atomic mass is 79.9. The van der Waals surface area contributed by atoms with Gasteiger partial charge in [-0.25, -0.2) is 13.1 Å². The quantitative estimate of drug-likeness (QED) is 0.766. The molecule has 0 bridgehead atoms. The van der Waals surface area contributed by atoms with E-state index in [1.807, 2.05) is 50.2 Å². The van der Waals surface area contributed by atoms with E-state index in [0.717, 1.165) is 21.3 Å². The third kappa shape index (κ3) is 5.64. The molecule has 0 saturated carbocycles. The fraction of sp³-hybridized carbons (Fsp3) is 0.294. The molecule has 23 heavy (non-hydrogen) atoms. The Morgan fingerprint density at radius 3 is 2.26 bits per heavy atom. The fourth-order valence-corrected chi connectivity index (χ4v) is 3.85. The second kappa shape index (κ2) is 7.95. The number of hydrogen-bond acceptors (Lipinski definition) is 3. The van der Waals surface area contributed by atoms with Gasteiger partial charge in [-0.1, -0.05) is 40.2 Å². The molecule has 1 N–H and O–H groups in total. The summed E-state index contributed by atoms with van der Waals surface area (Å²) in [5, 5.41) is 0. The van der Waals surface area contributed by atoms with Gasteiger partial charge in [0.25, 0.3) is 0 Å². The molecule has 0 aliphatic carbocycles. The molecule has 0 saturated heterocycles. The van der Waals surface area contributed by atoms with Gasteiger partial charge in [0.15, 0.2) is 0 Å². The maximum absolute atomic E-state index is 12.3. The maximum atomic E-state index is 12.3. The van der Waals surface area contributed by atoms with Crippen molar-refractivity contribution in [1.29, 1.82) is 0 Å². The highest BCUT2D eigenvalue weighted by Crippen LogP contribution is 2.19. The Morgan fingerprint density at radius 2 is 1.70 bits per heavy atom. The van der Waals surface area contributed by atoms with E-state index in [9.17, 15) is 8.42 Å². The van der Waals surface area contributed by atoms with Crippen molar-refractivity contribution < 1.29 is 13.2 Å². The molecule has 0 aromatic heterocycles. The lowest BCUT2D eigenvalue weighted by Crippen LogP contribution is -2.28. The van der Waals surface area contributed by atoms with Crippen LogP contribution in [0, 0.1) is 0 Å². The van der Waals surface area contributed by atoms with Gasteiger partial charge in [0.05, 0.1) is 12.4 Å². The first-order valence-corrected chi connectivity index (χ1v) is 9.81. The summed E-state index contributed by atoms with van der Waals surface area (Å²) in [4.78, 5) is 0. The number of rotatable bonds is 7. The Hall–Kier alpha value is -1.37. The number of nitrogens with one attached hydrogen (secondary N) is 1. The third-order valence-electron chi connectivity index (χ3n) is 3.32. The van der Waals surface area contributed by atoms with E-state index in [0.29, 0.717) is 6.61 Å². The van der Waals surface area contributed by atoms with Crippen LogP contribution in [0.5, 0.6) is 5.75 Å². The summed E-state index contributed by atoms with van der Waals surface area (Å²) in [6.07, 6.45) is 0. The molecule has 2 aromatic carbocycles. The number of ether oxygens (including phenoxy) is 1. The molecule has 2 rings (SSSR count). The Kier molecular flexibility index (Phi) is 6.21. The molecule has 0 fully saturated rings. The van der Waals surface area contributed by atoms with E-state index < -0.39 is 10.0 Å². The summed E-state index contributed by atoms with van der Waals surface area (Å²) in [7, 11) is -3.41. The first-order valence-electron chi connectivity index (χ1n) is 7.37. The topological polar surface area (TPSA) is 55.4 Å². The zero-order chi connectivity index (χ0) is 16.9. The van der Waals surface area contributed by atoms with Gasteiger partial charge in [0, 0.05) is 10.5 Å². The molecule has 2 aromatic rings. The normalized spacial score (nSPS) is 12.8. The monoisotopic (exact) mass is 397 g/mol. The van der Waals surface area contributed by atoms with Gasteiger partial charge in [-0.3, -0.25) is 0 Å². The Labute approximate surface area is 146 Å². The molecule has 1 atom stereocenters. The molecule has 0 aliphatic heterocycles. The van der Waals surface area contributed by atoms with Crippen molar-refractivity contribution in [1.82, 2.24) is 4.72 Å². The van der Waals surface area contributed by atoms with Crippen molar-refractivity contribution in [2.45, 2.75) is 25.6 Å². The highest BCUT2D eigenvalue weighted by molar-refractivity contribution is 9.10. The molecule has 0 aliphatic rings. The van der Waals surface area contributed by atoms with Crippen LogP contribution in [-0.2, 0) is 15.8 Å². The minimum absolute atomic E-state index is 0.0400. The molecular weight excluding hydrogens is 378 g/mol. The first-order chi connectivity index (χ1) is 10.9. The second-order valence-corrected chi connectivity index (χ2v) is 7.90. The third-order valence-corrected chi connectivity index (χ3v) is 5.27. The van der Waals surface area contributed by atoms with Crippen LogP contribution in [0.4, 0.5) is 0 Å². The number of hydrogen-bond donors (Lipinski definition) is 1. The van der Waals surface area contributed by atoms with Gasteiger partial charge in [0.2, 0.25) is 10.0 Å². The fourth-order valence-electron chi connectivity index (χ4n) is 2.20. The molecule has 4 nitrogen and oxygen atoms in total. The molecular formula is C17H20BrNO3S. The Bertz CT molecular complexity index is 727. The van der Waals surface area contributed by atoms with E-state index in [1.54, 1.807) is 12.1 Å². The number of sulfonamides is 1. The zero-order valence-electron chi connectivity index (χ0n) is 13.1. The first kappa shape index (κ1) is 18.0. The predicted molar refractivity (Wildman–Crippen MR) is 95.9 cm³/mol. The Balaban J connectivity index is 2.02. The minimum Gasteiger partial charge on any atom is -0.494 e. The van der Waals surface area contributed by atoms with Crippen molar-refractivity contribution in [3.63, 3.8) is 0 Å². The summed E-state index contributed by atoms with van der Waals surface area (Å²) in [5.41, 5.74) is 1.65. The van der Waals surface area contributed by atoms with E-state index in [1.165, 1.54) is 0 Å². The molecule has 0 spiro atoms. The van der Waals surface area contributed by atoms with Crippen LogP contribution in [0.25, 0.3) is 0 Å². The van der Waals surface area contributed by atoms with E-state index in [-0.39, 0.29) is 11.8 Å². The molecule has 0 heterocycles. The SMILES string of the molecule is CCOc1ccc(C(C)NS(=O)(=O)Cc2ccc(Br)cc2)cc1. The lowest BCUT2D eigenvalue weighted by Gasteiger charge is -2.15. The van der Waals surface area contributed by atoms with E-state index in [2.05, 4.69) is 20.7 Å². The summed E-state index contributed by atoms with van der Waals surface area (Å²) in [6, 6.07) is 14.4. The van der Waals surface area contributed by atoms with Crippen molar-refractivity contribution in [3.05, 3.63) is 64.1 Å². The van der Waals surface area contributed by atoms with Crippen molar-refractivity contribution in [2.75, 3.05) is 6.61 Å². The highest BCUT2D eigenvalue weighted by Gasteiger charge is 2.16. The van der Waals surface area contributed by atoms with Crippen LogP contribution >= 0.6 is 15.9 Å². The molecule has 124 valence electrons. The van der Waals surface area contributed by atoms with Crippen molar-refractivity contribution in [2.24, 2.45) is 0 Å². The van der Waals surface area contributed by atoms with E-state index >= 15 is 0 Å². The summed E-state index contributed by atoms with van der Waals surface area (Å²) < 4.78 is 33.6. The van der Waals surface area contributed by atoms with Gasteiger partial charge in [-0.2, -0.15) is 0 Å². The molecule has 0 radical (unpaired) electrons. The number of benzene rings is 2. The van der Waals surface area contributed by atoms with Crippen molar-refractivity contribution >= 4 is 26.0 Å². The maximum Gasteiger partial charge on any atom is 0.216 e. The predicted octanol–water partition coefficient (Wildman–Crippen LogP) is 4.03. The molecule has 1 unspecified atom stereocenters. The second-order valence-electron chi connectivity index (χ2n) is 5.23. The summed E-state index contributed by atoms with van der Waals surface area (Å²) in [5.74, 6) is 0.739. The van der Waals surface area contributed by atoms with Gasteiger partial charge in [-0.15, -0.1) is 0 Å². The minimum atomic E-state index is -3.41. The van der Waals surface area contributed by atoms with Gasteiger partial charge < -0.3 is 4.74 Å². The van der Waals surface area contributed by atoms with Gasteiger partial charge in [0.1, 0.15) is 5.75 Å². The average Bonchev–Trinajstić information content (AvgIpc) is 2.50. The van der Waals surface area contributed by atoms with Crippen LogP contribution in [0.2, 0.25) is 0 Å². The number of halogens is 1. The van der Waals surface area contributed by atoms with Crippen LogP contribution in [-0.4, -0.2) is 15.0 Å². The van der Waals surface area contributed by atoms with Crippen LogP contribution < -0.4 is 9.46 Å². The van der Waals surface area contributed by atoms with Gasteiger partial charge in [-0.05, 0) is 49.2 Å².